The Kier molecular flexibility index (Phi) is 9.13. The lowest BCUT2D eigenvalue weighted by Gasteiger charge is -2.21. The molecule has 2 N–H and O–H groups in total. The second-order valence-electron chi connectivity index (χ2n) is 7.62. The van der Waals surface area contributed by atoms with E-state index in [0.29, 0.717) is 17.0 Å². The van der Waals surface area contributed by atoms with E-state index in [1.54, 1.807) is 49.6 Å². The summed E-state index contributed by atoms with van der Waals surface area (Å²) in [5.41, 5.74) is 2.06. The number of nitrogens with one attached hydrogen (secondary N) is 2. The molecule has 0 heterocycles. The lowest BCUT2D eigenvalue weighted by molar-refractivity contribution is -0.133. The first-order chi connectivity index (χ1) is 16.9. The van der Waals surface area contributed by atoms with Gasteiger partial charge in [0.05, 0.1) is 13.7 Å². The number of amides is 3. The maximum Gasteiger partial charge on any atom is 0.247 e. The molecule has 0 radical (unpaired) electrons. The van der Waals surface area contributed by atoms with Crippen molar-refractivity contribution in [3.05, 3.63) is 102 Å². The summed E-state index contributed by atoms with van der Waals surface area (Å²) < 4.78 is 18.3. The highest BCUT2D eigenvalue weighted by Crippen LogP contribution is 2.14. The summed E-state index contributed by atoms with van der Waals surface area (Å²) in [6.07, 6.45) is 3.03. The van der Waals surface area contributed by atoms with Crippen LogP contribution in [0.2, 0.25) is 0 Å². The van der Waals surface area contributed by atoms with Crippen LogP contribution >= 0.6 is 0 Å². The maximum atomic E-state index is 13.3. The Morgan fingerprint density at radius 3 is 2.26 bits per heavy atom. The van der Waals surface area contributed by atoms with Crippen molar-refractivity contribution < 1.29 is 23.5 Å². The molecule has 0 aliphatic heterocycles. The van der Waals surface area contributed by atoms with Gasteiger partial charge in [0.25, 0.3) is 0 Å². The monoisotopic (exact) mass is 475 g/mol. The van der Waals surface area contributed by atoms with E-state index in [1.165, 1.54) is 23.1 Å². The molecule has 3 amide bonds. The third kappa shape index (κ3) is 8.43. The van der Waals surface area contributed by atoms with Gasteiger partial charge in [0, 0.05) is 18.3 Å². The fourth-order valence-electron chi connectivity index (χ4n) is 3.15. The molecule has 0 fully saturated rings. The van der Waals surface area contributed by atoms with Crippen LogP contribution in [0.4, 0.5) is 10.1 Å². The van der Waals surface area contributed by atoms with Crippen molar-refractivity contribution in [2.45, 2.75) is 6.54 Å². The molecule has 8 heteroatoms. The Morgan fingerprint density at radius 1 is 0.914 bits per heavy atom. The molecule has 0 saturated heterocycles. The standard InChI is InChI=1S/C27H26FN3O4/c1-35-24-14-12-23(13-15-24)30-25(32)17-29-26(33)19-31(18-21-7-10-22(28)11-8-21)27(34)16-9-20-5-3-2-4-6-20/h2-16H,17-19H2,1H3,(H,29,33)(H,30,32)/b16-9+. The molecule has 3 aromatic rings. The van der Waals surface area contributed by atoms with Gasteiger partial charge < -0.3 is 20.3 Å². The zero-order chi connectivity index (χ0) is 25.0. The van der Waals surface area contributed by atoms with E-state index in [1.807, 2.05) is 30.3 Å². The fourth-order valence-corrected chi connectivity index (χ4v) is 3.15. The number of hydrogen-bond acceptors (Lipinski definition) is 4. The number of anilines is 1. The first-order valence-corrected chi connectivity index (χ1v) is 10.9. The minimum absolute atomic E-state index is 0.101. The zero-order valence-corrected chi connectivity index (χ0v) is 19.2. The summed E-state index contributed by atoms with van der Waals surface area (Å²) >= 11 is 0. The molecule has 0 saturated carbocycles. The van der Waals surface area contributed by atoms with E-state index in [0.717, 1.165) is 5.56 Å². The van der Waals surface area contributed by atoms with Crippen molar-refractivity contribution in [1.82, 2.24) is 10.2 Å². The van der Waals surface area contributed by atoms with E-state index in [4.69, 9.17) is 4.74 Å². The lowest BCUT2D eigenvalue weighted by atomic mass is 10.2. The molecule has 0 aliphatic carbocycles. The topological polar surface area (TPSA) is 87.7 Å². The van der Waals surface area contributed by atoms with E-state index in [2.05, 4.69) is 10.6 Å². The zero-order valence-electron chi connectivity index (χ0n) is 19.2. The summed E-state index contributed by atoms with van der Waals surface area (Å²) in [6, 6.07) is 21.7. The normalized spacial score (nSPS) is 10.6. The van der Waals surface area contributed by atoms with Crippen LogP contribution in [0.5, 0.6) is 5.75 Å². The van der Waals surface area contributed by atoms with Crippen molar-refractivity contribution in [3.8, 4) is 5.75 Å². The van der Waals surface area contributed by atoms with E-state index in [-0.39, 0.29) is 19.6 Å². The van der Waals surface area contributed by atoms with Crippen LogP contribution in [0.15, 0.2) is 84.9 Å². The highest BCUT2D eigenvalue weighted by atomic mass is 19.1. The third-order valence-corrected chi connectivity index (χ3v) is 4.97. The van der Waals surface area contributed by atoms with Gasteiger partial charge in [-0.05, 0) is 53.6 Å². The molecule has 7 nitrogen and oxygen atoms in total. The van der Waals surface area contributed by atoms with E-state index < -0.39 is 23.5 Å². The first-order valence-electron chi connectivity index (χ1n) is 10.9. The lowest BCUT2D eigenvalue weighted by Crippen LogP contribution is -2.42. The maximum absolute atomic E-state index is 13.3. The van der Waals surface area contributed by atoms with Gasteiger partial charge >= 0.3 is 0 Å². The number of ether oxygens (including phenoxy) is 1. The average molecular weight is 476 g/mol. The van der Waals surface area contributed by atoms with Crippen molar-refractivity contribution in [3.63, 3.8) is 0 Å². The molecule has 0 spiro atoms. The molecular weight excluding hydrogens is 449 g/mol. The molecule has 0 unspecified atom stereocenters. The summed E-state index contributed by atoms with van der Waals surface area (Å²) in [7, 11) is 1.55. The Labute approximate surface area is 203 Å². The Hall–Kier alpha value is -4.46. The number of halogens is 1. The minimum Gasteiger partial charge on any atom is -0.497 e. The third-order valence-electron chi connectivity index (χ3n) is 4.97. The molecular formula is C27H26FN3O4. The van der Waals surface area contributed by atoms with Gasteiger partial charge in [0.1, 0.15) is 18.1 Å². The minimum atomic E-state index is -0.501. The Balaban J connectivity index is 1.59. The molecule has 3 aromatic carbocycles. The fraction of sp³-hybridized carbons (Fsp3) is 0.148. The summed E-state index contributed by atoms with van der Waals surface area (Å²) in [4.78, 5) is 38.9. The molecule has 0 atom stereocenters. The quantitative estimate of drug-likeness (QED) is 0.439. The van der Waals surface area contributed by atoms with Crippen LogP contribution in [0.25, 0.3) is 6.08 Å². The summed E-state index contributed by atoms with van der Waals surface area (Å²) in [5, 5.41) is 5.20. The summed E-state index contributed by atoms with van der Waals surface area (Å²) in [5.74, 6) is -1.04. The highest BCUT2D eigenvalue weighted by molar-refractivity contribution is 5.97. The van der Waals surface area contributed by atoms with Crippen molar-refractivity contribution in [2.24, 2.45) is 0 Å². The number of hydrogen-bond donors (Lipinski definition) is 2. The van der Waals surface area contributed by atoms with Gasteiger partial charge in [0.15, 0.2) is 0 Å². The smallest absolute Gasteiger partial charge is 0.247 e. The molecule has 3 rings (SSSR count). The largest absolute Gasteiger partial charge is 0.497 e. The Bertz CT molecular complexity index is 1160. The van der Waals surface area contributed by atoms with Gasteiger partial charge in [0.2, 0.25) is 17.7 Å². The predicted molar refractivity (Wildman–Crippen MR) is 132 cm³/mol. The number of carbonyl (C=O) groups excluding carboxylic acids is 3. The number of methoxy groups -OCH3 is 1. The molecule has 0 aromatic heterocycles. The van der Waals surface area contributed by atoms with Crippen LogP contribution in [-0.4, -0.2) is 42.8 Å². The van der Waals surface area contributed by atoms with Crippen LogP contribution in [0, 0.1) is 5.82 Å². The van der Waals surface area contributed by atoms with Crippen molar-refractivity contribution in [1.29, 1.82) is 0 Å². The van der Waals surface area contributed by atoms with Gasteiger partial charge in [-0.1, -0.05) is 42.5 Å². The molecule has 0 aliphatic rings. The number of rotatable bonds is 10. The van der Waals surface area contributed by atoms with Crippen molar-refractivity contribution in [2.75, 3.05) is 25.5 Å². The predicted octanol–water partition coefficient (Wildman–Crippen LogP) is 3.63. The summed E-state index contributed by atoms with van der Waals surface area (Å²) in [6.45, 7) is -0.432. The van der Waals surface area contributed by atoms with Gasteiger partial charge in [-0.25, -0.2) is 4.39 Å². The Morgan fingerprint density at radius 2 is 1.60 bits per heavy atom. The number of benzene rings is 3. The van der Waals surface area contributed by atoms with Crippen LogP contribution < -0.4 is 15.4 Å². The molecule has 0 bridgehead atoms. The van der Waals surface area contributed by atoms with Gasteiger partial charge in [-0.3, -0.25) is 14.4 Å². The van der Waals surface area contributed by atoms with Gasteiger partial charge in [-0.15, -0.1) is 0 Å². The van der Waals surface area contributed by atoms with E-state index >= 15 is 0 Å². The van der Waals surface area contributed by atoms with Crippen LogP contribution in [-0.2, 0) is 20.9 Å². The van der Waals surface area contributed by atoms with Crippen molar-refractivity contribution >= 4 is 29.5 Å². The average Bonchev–Trinajstić information content (AvgIpc) is 2.88. The molecule has 35 heavy (non-hydrogen) atoms. The number of nitrogens with zero attached hydrogens (tertiary/aromatic N) is 1. The van der Waals surface area contributed by atoms with Gasteiger partial charge in [-0.2, -0.15) is 0 Å². The molecule has 180 valence electrons. The second kappa shape index (κ2) is 12.7. The first kappa shape index (κ1) is 25.2. The number of carbonyl (C=O) groups is 3. The second-order valence-corrected chi connectivity index (χ2v) is 7.62. The van der Waals surface area contributed by atoms with E-state index in [9.17, 15) is 18.8 Å². The van der Waals surface area contributed by atoms with Crippen LogP contribution in [0.3, 0.4) is 0 Å². The highest BCUT2D eigenvalue weighted by Gasteiger charge is 2.17. The SMILES string of the molecule is COc1ccc(NC(=O)CNC(=O)CN(Cc2ccc(F)cc2)C(=O)/C=C/c2ccccc2)cc1. The van der Waals surface area contributed by atoms with Crippen LogP contribution in [0.1, 0.15) is 11.1 Å².